The highest BCUT2D eigenvalue weighted by atomic mass is 16.2. The highest BCUT2D eigenvalue weighted by Crippen LogP contribution is 2.30. The third-order valence-corrected chi connectivity index (χ3v) is 3.60. The van der Waals surface area contributed by atoms with Crippen LogP contribution in [0.1, 0.15) is 43.1 Å². The summed E-state index contributed by atoms with van der Waals surface area (Å²) in [7, 11) is 3.58. The molecule has 17 heavy (non-hydrogen) atoms. The Hall–Kier alpha value is -1.29. The monoisotopic (exact) mass is 235 g/mol. The summed E-state index contributed by atoms with van der Waals surface area (Å²) in [6.07, 6.45) is 5.19. The van der Waals surface area contributed by atoms with E-state index in [1.807, 2.05) is 13.1 Å². The van der Waals surface area contributed by atoms with Crippen LogP contribution in [0, 0.1) is 0 Å². The normalized spacial score (nSPS) is 20.8. The molecule has 0 saturated carbocycles. The van der Waals surface area contributed by atoms with Crippen molar-refractivity contribution in [2.45, 2.75) is 38.3 Å². The number of rotatable bonds is 2. The summed E-state index contributed by atoms with van der Waals surface area (Å²) >= 11 is 0. The minimum Gasteiger partial charge on any atom is -0.347 e. The zero-order valence-electron chi connectivity index (χ0n) is 10.8. The predicted molar refractivity (Wildman–Crippen MR) is 67.7 cm³/mol. The van der Waals surface area contributed by atoms with Crippen molar-refractivity contribution in [1.82, 2.24) is 9.47 Å². The zero-order valence-corrected chi connectivity index (χ0v) is 10.8. The summed E-state index contributed by atoms with van der Waals surface area (Å²) in [6, 6.07) is 2.07. The van der Waals surface area contributed by atoms with Gasteiger partial charge in [-0.2, -0.15) is 0 Å². The maximum absolute atomic E-state index is 12.0. The second-order valence-corrected chi connectivity index (χ2v) is 5.03. The van der Waals surface area contributed by atoms with Crippen LogP contribution in [0.25, 0.3) is 0 Å². The molecule has 2 N–H and O–H groups in total. The van der Waals surface area contributed by atoms with Crippen LogP contribution in [0.4, 0.5) is 0 Å². The average Bonchev–Trinajstić information content (AvgIpc) is 2.72. The fourth-order valence-electron chi connectivity index (χ4n) is 2.61. The van der Waals surface area contributed by atoms with Crippen molar-refractivity contribution in [2.24, 2.45) is 5.73 Å². The lowest BCUT2D eigenvalue weighted by molar-refractivity contribution is -0.131. The minimum atomic E-state index is -0.140. The molecule has 1 heterocycles. The number of hydrogen-bond acceptors (Lipinski definition) is 2. The van der Waals surface area contributed by atoms with Crippen LogP contribution in [-0.2, 0) is 11.2 Å². The van der Waals surface area contributed by atoms with Gasteiger partial charge in [0.2, 0.25) is 5.91 Å². The molecule has 4 heteroatoms. The first-order valence-corrected chi connectivity index (χ1v) is 6.18. The number of likely N-dealkylation sites (N-methyl/N-ethyl adjacent to an activating group) is 1. The second kappa shape index (κ2) is 4.53. The highest BCUT2D eigenvalue weighted by molar-refractivity contribution is 5.79. The third kappa shape index (κ3) is 2.09. The number of amides is 1. The molecule has 0 spiro atoms. The topological polar surface area (TPSA) is 51.3 Å². The Bertz CT molecular complexity index is 422. The number of aromatic nitrogens is 1. The van der Waals surface area contributed by atoms with E-state index < -0.39 is 0 Å². The van der Waals surface area contributed by atoms with Gasteiger partial charge in [-0.25, -0.2) is 0 Å². The molecular formula is C13H21N3O. The number of nitrogens with two attached hydrogens (primary N) is 1. The molecule has 1 amide bonds. The summed E-state index contributed by atoms with van der Waals surface area (Å²) in [5.41, 5.74) is 8.55. The van der Waals surface area contributed by atoms with Gasteiger partial charge in [-0.05, 0) is 37.8 Å². The van der Waals surface area contributed by atoms with Crippen molar-refractivity contribution < 1.29 is 4.79 Å². The molecule has 2 unspecified atom stereocenters. The molecular weight excluding hydrogens is 214 g/mol. The molecule has 0 fully saturated rings. The molecule has 4 nitrogen and oxygen atoms in total. The van der Waals surface area contributed by atoms with Crippen LogP contribution >= 0.6 is 0 Å². The van der Waals surface area contributed by atoms with Gasteiger partial charge in [0, 0.05) is 32.0 Å². The van der Waals surface area contributed by atoms with Crippen molar-refractivity contribution in [3.63, 3.8) is 0 Å². The minimum absolute atomic E-state index is 0.127. The van der Waals surface area contributed by atoms with Crippen molar-refractivity contribution >= 4 is 5.91 Å². The Labute approximate surface area is 102 Å². The summed E-state index contributed by atoms with van der Waals surface area (Å²) < 4.78 is 2.08. The van der Waals surface area contributed by atoms with Gasteiger partial charge in [-0.3, -0.25) is 4.79 Å². The fourth-order valence-corrected chi connectivity index (χ4v) is 2.61. The maximum atomic E-state index is 12.0. The Balaban J connectivity index is 2.31. The number of carbonyl (C=O) groups is 1. The van der Waals surface area contributed by atoms with Gasteiger partial charge >= 0.3 is 0 Å². The van der Waals surface area contributed by atoms with Crippen LogP contribution in [-0.4, -0.2) is 29.5 Å². The average molecular weight is 235 g/mol. The van der Waals surface area contributed by atoms with Crippen LogP contribution in [0.3, 0.4) is 0 Å². The fraction of sp³-hybridized carbons (Fsp3) is 0.615. The van der Waals surface area contributed by atoms with E-state index in [2.05, 4.69) is 10.6 Å². The first kappa shape index (κ1) is 12.2. The molecule has 0 bridgehead atoms. The van der Waals surface area contributed by atoms with Crippen LogP contribution in [0.15, 0.2) is 12.3 Å². The number of nitrogens with zero attached hydrogens (tertiary/aromatic N) is 2. The van der Waals surface area contributed by atoms with Crippen LogP contribution < -0.4 is 5.73 Å². The molecule has 94 valence electrons. The number of carbonyl (C=O) groups excluding carboxylic acids is 1. The van der Waals surface area contributed by atoms with E-state index in [1.165, 1.54) is 11.3 Å². The van der Waals surface area contributed by atoms with Gasteiger partial charge in [0.25, 0.3) is 0 Å². The molecule has 1 aromatic heterocycles. The molecule has 1 aliphatic rings. The lowest BCUT2D eigenvalue weighted by Crippen LogP contribution is -2.31. The summed E-state index contributed by atoms with van der Waals surface area (Å²) in [4.78, 5) is 13.6. The van der Waals surface area contributed by atoms with E-state index in [0.29, 0.717) is 0 Å². The first-order valence-electron chi connectivity index (χ1n) is 6.18. The van der Waals surface area contributed by atoms with Crippen LogP contribution in [0.2, 0.25) is 0 Å². The van der Waals surface area contributed by atoms with E-state index in [0.717, 1.165) is 19.3 Å². The quantitative estimate of drug-likeness (QED) is 0.844. The van der Waals surface area contributed by atoms with E-state index in [-0.39, 0.29) is 18.0 Å². The number of hydrogen-bond donors (Lipinski definition) is 1. The number of fused-ring (bicyclic) bond motifs is 1. The molecule has 0 aliphatic heterocycles. The highest BCUT2D eigenvalue weighted by Gasteiger charge is 2.25. The summed E-state index contributed by atoms with van der Waals surface area (Å²) in [5, 5.41) is 0. The Morgan fingerprint density at radius 2 is 2.29 bits per heavy atom. The van der Waals surface area contributed by atoms with Gasteiger partial charge in [0.1, 0.15) is 6.04 Å². The van der Waals surface area contributed by atoms with Crippen molar-refractivity contribution in [1.29, 1.82) is 0 Å². The van der Waals surface area contributed by atoms with E-state index in [4.69, 9.17) is 5.73 Å². The summed E-state index contributed by atoms with van der Waals surface area (Å²) in [6.45, 7) is 1.95. The van der Waals surface area contributed by atoms with Gasteiger partial charge < -0.3 is 15.2 Å². The van der Waals surface area contributed by atoms with Crippen molar-refractivity contribution in [3.05, 3.63) is 23.5 Å². The van der Waals surface area contributed by atoms with Gasteiger partial charge in [0.05, 0.1) is 0 Å². The van der Waals surface area contributed by atoms with Crippen LogP contribution in [0.5, 0.6) is 0 Å². The Kier molecular flexibility index (Phi) is 3.24. The zero-order chi connectivity index (χ0) is 12.6. The van der Waals surface area contributed by atoms with E-state index in [9.17, 15) is 4.79 Å². The Morgan fingerprint density at radius 3 is 2.94 bits per heavy atom. The van der Waals surface area contributed by atoms with Gasteiger partial charge in [-0.1, -0.05) is 0 Å². The molecule has 2 atom stereocenters. The SMILES string of the molecule is CC(C(=O)N(C)C)n1ccc2c1CCCC2N. The lowest BCUT2D eigenvalue weighted by Gasteiger charge is -2.25. The Morgan fingerprint density at radius 1 is 1.59 bits per heavy atom. The van der Waals surface area contributed by atoms with E-state index >= 15 is 0 Å². The second-order valence-electron chi connectivity index (χ2n) is 5.03. The van der Waals surface area contributed by atoms with Crippen molar-refractivity contribution in [3.8, 4) is 0 Å². The van der Waals surface area contributed by atoms with Crippen molar-refractivity contribution in [2.75, 3.05) is 14.1 Å². The van der Waals surface area contributed by atoms with Gasteiger partial charge in [0.15, 0.2) is 0 Å². The maximum Gasteiger partial charge on any atom is 0.244 e. The molecule has 1 aromatic rings. The largest absolute Gasteiger partial charge is 0.347 e. The standard InChI is InChI=1S/C13H21N3O/c1-9(13(17)15(2)3)16-8-7-10-11(14)5-4-6-12(10)16/h7-9,11H,4-6,14H2,1-3H3. The first-order chi connectivity index (χ1) is 8.02. The predicted octanol–water partition coefficient (Wildman–Crippen LogP) is 1.47. The van der Waals surface area contributed by atoms with Gasteiger partial charge in [-0.15, -0.1) is 0 Å². The molecule has 1 aliphatic carbocycles. The molecule has 0 radical (unpaired) electrons. The molecule has 0 aromatic carbocycles. The summed E-state index contributed by atoms with van der Waals surface area (Å²) in [5.74, 6) is 0.127. The third-order valence-electron chi connectivity index (χ3n) is 3.60. The molecule has 0 saturated heterocycles. The molecule has 2 rings (SSSR count). The van der Waals surface area contributed by atoms with E-state index in [1.54, 1.807) is 19.0 Å². The smallest absolute Gasteiger partial charge is 0.244 e. The lowest BCUT2D eigenvalue weighted by atomic mass is 9.93.